The number of anilines is 2. The lowest BCUT2D eigenvalue weighted by Gasteiger charge is -2.42. The Kier molecular flexibility index (Phi) is 5.05. The minimum Gasteiger partial charge on any atom is -0.376 e. The van der Waals surface area contributed by atoms with Gasteiger partial charge in [0, 0.05) is 49.6 Å². The minimum atomic E-state index is -0.00345. The number of hydrogen-bond donors (Lipinski definition) is 0. The van der Waals surface area contributed by atoms with Crippen molar-refractivity contribution < 1.29 is 0 Å². The molecular weight excluding hydrogens is 605 g/mol. The van der Waals surface area contributed by atoms with E-state index in [1.54, 1.807) is 0 Å². The third-order valence-electron chi connectivity index (χ3n) is 11.2. The highest BCUT2D eigenvalue weighted by molar-refractivity contribution is 6.93. The predicted molar refractivity (Wildman–Crippen MR) is 212 cm³/mol. The van der Waals surface area contributed by atoms with E-state index >= 15 is 0 Å². The maximum Gasteiger partial charge on any atom is 0.333 e. The second-order valence-corrected chi connectivity index (χ2v) is 13.7. The van der Waals surface area contributed by atoms with Crippen LogP contribution in [0.15, 0.2) is 170 Å². The highest BCUT2D eigenvalue weighted by Crippen LogP contribution is 2.48. The number of fused-ring (bicyclic) bond motifs is 13. The van der Waals surface area contributed by atoms with Crippen molar-refractivity contribution >= 4 is 83.5 Å². The van der Waals surface area contributed by atoms with Gasteiger partial charge in [0.05, 0.1) is 27.8 Å². The lowest BCUT2D eigenvalue weighted by molar-refractivity contribution is 1.17. The van der Waals surface area contributed by atoms with Crippen LogP contribution in [0.4, 0.5) is 11.4 Å². The van der Waals surface area contributed by atoms with E-state index in [-0.39, 0.29) is 6.85 Å². The first-order valence-electron chi connectivity index (χ1n) is 17.4. The second-order valence-electron chi connectivity index (χ2n) is 13.7. The molecule has 0 fully saturated rings. The summed E-state index contributed by atoms with van der Waals surface area (Å²) >= 11 is 0. The SMILES string of the molecule is c1ccc(N2B3c4ccccc4-n4c5c3c(cc(-n3c6ccccc6c6ccccc63)c5c3ccc5ccccc5c34)-c3ccccc32)cc1. The van der Waals surface area contributed by atoms with Crippen molar-refractivity contribution in [3.63, 3.8) is 0 Å². The zero-order valence-electron chi connectivity index (χ0n) is 27.1. The van der Waals surface area contributed by atoms with Gasteiger partial charge >= 0.3 is 6.85 Å². The topological polar surface area (TPSA) is 13.1 Å². The van der Waals surface area contributed by atoms with E-state index < -0.39 is 0 Å². The van der Waals surface area contributed by atoms with Crippen LogP contribution in [0.3, 0.4) is 0 Å². The molecule has 0 N–H and O–H groups in total. The molecule has 0 saturated carbocycles. The molecule has 4 heterocycles. The average Bonchev–Trinajstić information content (AvgIpc) is 3.72. The van der Waals surface area contributed by atoms with Crippen LogP contribution < -0.4 is 15.7 Å². The Bertz CT molecular complexity index is 3010. The first-order valence-corrected chi connectivity index (χ1v) is 17.4. The van der Waals surface area contributed by atoms with Crippen molar-refractivity contribution in [2.75, 3.05) is 4.81 Å². The average molecular weight is 634 g/mol. The Morgan fingerprint density at radius 2 is 1.04 bits per heavy atom. The molecule has 0 aliphatic carbocycles. The van der Waals surface area contributed by atoms with Crippen LogP contribution in [0.25, 0.3) is 76.9 Å². The van der Waals surface area contributed by atoms with Crippen LogP contribution in [-0.4, -0.2) is 16.0 Å². The maximum atomic E-state index is 2.60. The van der Waals surface area contributed by atoms with E-state index in [9.17, 15) is 0 Å². The summed E-state index contributed by atoms with van der Waals surface area (Å²) in [6.45, 7) is -0.00345. The van der Waals surface area contributed by atoms with Crippen LogP contribution in [0.1, 0.15) is 0 Å². The van der Waals surface area contributed by atoms with E-state index in [1.165, 1.54) is 99.2 Å². The van der Waals surface area contributed by atoms with Crippen molar-refractivity contribution in [1.29, 1.82) is 0 Å². The van der Waals surface area contributed by atoms with Gasteiger partial charge < -0.3 is 13.9 Å². The Balaban J connectivity index is 1.37. The molecule has 2 aliphatic heterocycles. The summed E-state index contributed by atoms with van der Waals surface area (Å²) < 4.78 is 5.13. The van der Waals surface area contributed by atoms with Gasteiger partial charge in [0.2, 0.25) is 0 Å². The van der Waals surface area contributed by atoms with E-state index in [2.05, 4.69) is 184 Å². The van der Waals surface area contributed by atoms with Crippen LogP contribution in [0, 0.1) is 0 Å². The molecule has 0 saturated heterocycles. The number of nitrogens with zero attached hydrogens (tertiary/aromatic N) is 3. The van der Waals surface area contributed by atoms with Crippen molar-refractivity contribution in [1.82, 2.24) is 9.13 Å². The Morgan fingerprint density at radius 1 is 0.400 bits per heavy atom. The van der Waals surface area contributed by atoms with Crippen molar-refractivity contribution in [2.45, 2.75) is 0 Å². The smallest absolute Gasteiger partial charge is 0.333 e. The molecule has 0 amide bonds. The zero-order valence-corrected chi connectivity index (χ0v) is 27.1. The largest absolute Gasteiger partial charge is 0.376 e. The highest BCUT2D eigenvalue weighted by atomic mass is 15.1. The van der Waals surface area contributed by atoms with Gasteiger partial charge in [-0.3, -0.25) is 0 Å². The lowest BCUT2D eigenvalue weighted by atomic mass is 9.44. The second kappa shape index (κ2) is 9.55. The van der Waals surface area contributed by atoms with Gasteiger partial charge in [-0.15, -0.1) is 0 Å². The molecule has 12 rings (SSSR count). The normalized spacial score (nSPS) is 13.1. The summed E-state index contributed by atoms with van der Waals surface area (Å²) in [5, 5.41) is 7.64. The molecule has 10 aromatic rings. The van der Waals surface area contributed by atoms with Crippen LogP contribution >= 0.6 is 0 Å². The molecule has 0 unspecified atom stereocenters. The quantitative estimate of drug-likeness (QED) is 0.173. The summed E-state index contributed by atoms with van der Waals surface area (Å²) in [6, 6.07) is 62.9. The van der Waals surface area contributed by atoms with Crippen molar-refractivity contribution in [3.8, 4) is 22.5 Å². The first-order chi connectivity index (χ1) is 24.9. The molecule has 0 bridgehead atoms. The summed E-state index contributed by atoms with van der Waals surface area (Å²) in [7, 11) is 0. The van der Waals surface area contributed by atoms with Crippen LogP contribution in [-0.2, 0) is 0 Å². The fourth-order valence-corrected chi connectivity index (χ4v) is 9.35. The minimum absolute atomic E-state index is 0.00345. The summed E-state index contributed by atoms with van der Waals surface area (Å²) in [5.41, 5.74) is 15.1. The highest BCUT2D eigenvalue weighted by Gasteiger charge is 2.44. The molecule has 3 nitrogen and oxygen atoms in total. The number of benzene rings is 8. The summed E-state index contributed by atoms with van der Waals surface area (Å²) in [4.78, 5) is 2.58. The molecule has 0 spiro atoms. The fraction of sp³-hybridized carbons (Fsp3) is 0. The van der Waals surface area contributed by atoms with Crippen molar-refractivity contribution in [2.24, 2.45) is 0 Å². The lowest BCUT2D eigenvalue weighted by Crippen LogP contribution is -2.60. The van der Waals surface area contributed by atoms with E-state index in [1.807, 2.05) is 0 Å². The third kappa shape index (κ3) is 3.21. The number of hydrogen-bond acceptors (Lipinski definition) is 1. The molecule has 0 atom stereocenters. The summed E-state index contributed by atoms with van der Waals surface area (Å²) in [5.74, 6) is 0. The van der Waals surface area contributed by atoms with E-state index in [0.717, 1.165) is 0 Å². The molecule has 8 aromatic carbocycles. The van der Waals surface area contributed by atoms with Gasteiger partial charge in [0.25, 0.3) is 0 Å². The molecule has 50 heavy (non-hydrogen) atoms. The zero-order chi connectivity index (χ0) is 32.5. The molecule has 4 heteroatoms. The molecule has 2 aromatic heterocycles. The Hall–Kier alpha value is -6.52. The van der Waals surface area contributed by atoms with E-state index in [4.69, 9.17) is 0 Å². The van der Waals surface area contributed by atoms with Gasteiger partial charge in [-0.2, -0.15) is 0 Å². The maximum absolute atomic E-state index is 2.60. The summed E-state index contributed by atoms with van der Waals surface area (Å²) in [6.07, 6.45) is 0. The first kappa shape index (κ1) is 26.4. The molecule has 230 valence electrons. The standard InChI is InChI=1S/C46H28BN3/c1-2-15-30(16-3-1)50-40-24-12-8-20-34(40)36-28-42(48-38-22-10-6-18-32(38)33-19-7-11-23-39(33)48)43-35-27-26-29-14-4-5-17-31(29)45(35)49-41-25-13-9-21-37(41)47(50)44(36)46(43)49/h1-28H. The Morgan fingerprint density at radius 3 is 1.84 bits per heavy atom. The van der Waals surface area contributed by atoms with Crippen LogP contribution in [0.5, 0.6) is 0 Å². The predicted octanol–water partition coefficient (Wildman–Crippen LogP) is 10.3. The number of rotatable bonds is 2. The number of aromatic nitrogens is 2. The van der Waals surface area contributed by atoms with Gasteiger partial charge in [0.1, 0.15) is 0 Å². The van der Waals surface area contributed by atoms with Gasteiger partial charge in [-0.05, 0) is 64.3 Å². The van der Waals surface area contributed by atoms with Crippen molar-refractivity contribution in [3.05, 3.63) is 170 Å². The van der Waals surface area contributed by atoms with Crippen LogP contribution in [0.2, 0.25) is 0 Å². The monoisotopic (exact) mass is 633 g/mol. The van der Waals surface area contributed by atoms with E-state index in [0.29, 0.717) is 0 Å². The number of para-hydroxylation sites is 5. The molecule has 2 aliphatic rings. The molecular formula is C46H28BN3. The fourth-order valence-electron chi connectivity index (χ4n) is 9.35. The van der Waals surface area contributed by atoms with Gasteiger partial charge in [-0.1, -0.05) is 127 Å². The van der Waals surface area contributed by atoms with Gasteiger partial charge in [-0.25, -0.2) is 0 Å². The molecule has 0 radical (unpaired) electrons. The van der Waals surface area contributed by atoms with Gasteiger partial charge in [0.15, 0.2) is 0 Å². The third-order valence-corrected chi connectivity index (χ3v) is 11.2. The Labute approximate surface area is 288 Å².